The SMILES string of the molecule is CC(Sc1cccc2c1CCC2=O)c1ccccc1. The first kappa shape index (κ1) is 12.5. The molecule has 2 aromatic carbocycles. The van der Waals surface area contributed by atoms with Gasteiger partial charge in [0.15, 0.2) is 5.78 Å². The molecule has 96 valence electrons. The van der Waals surface area contributed by atoms with Crippen molar-refractivity contribution in [1.82, 2.24) is 0 Å². The Balaban J connectivity index is 1.87. The molecular weight excluding hydrogens is 252 g/mol. The summed E-state index contributed by atoms with van der Waals surface area (Å²) in [6.45, 7) is 2.22. The first-order valence-corrected chi connectivity index (χ1v) is 7.50. The maximum atomic E-state index is 11.8. The molecular formula is C17H16OS. The van der Waals surface area contributed by atoms with Crippen molar-refractivity contribution in [2.45, 2.75) is 29.9 Å². The minimum absolute atomic E-state index is 0.296. The van der Waals surface area contributed by atoms with Gasteiger partial charge in [-0.3, -0.25) is 4.79 Å². The lowest BCUT2D eigenvalue weighted by atomic mass is 10.1. The van der Waals surface area contributed by atoms with Crippen LogP contribution in [0.2, 0.25) is 0 Å². The molecule has 0 N–H and O–H groups in total. The lowest BCUT2D eigenvalue weighted by Crippen LogP contribution is -1.93. The number of Topliss-reactive ketones (excluding diaryl/α,β-unsaturated/α-hetero) is 1. The number of hydrogen-bond acceptors (Lipinski definition) is 2. The summed E-state index contributed by atoms with van der Waals surface area (Å²) >= 11 is 1.85. The number of carbonyl (C=O) groups is 1. The van der Waals surface area contributed by atoms with Crippen LogP contribution in [0.4, 0.5) is 0 Å². The summed E-state index contributed by atoms with van der Waals surface area (Å²) in [4.78, 5) is 13.0. The van der Waals surface area contributed by atoms with Crippen LogP contribution >= 0.6 is 11.8 Å². The van der Waals surface area contributed by atoms with E-state index in [0.717, 1.165) is 12.0 Å². The third kappa shape index (κ3) is 2.45. The Morgan fingerprint density at radius 2 is 1.79 bits per heavy atom. The predicted molar refractivity (Wildman–Crippen MR) is 79.8 cm³/mol. The first-order chi connectivity index (χ1) is 9.25. The minimum Gasteiger partial charge on any atom is -0.294 e. The molecule has 1 atom stereocenters. The molecule has 0 aliphatic heterocycles. The van der Waals surface area contributed by atoms with Gasteiger partial charge in [-0.2, -0.15) is 0 Å². The highest BCUT2D eigenvalue weighted by Crippen LogP contribution is 2.39. The molecule has 0 fully saturated rings. The van der Waals surface area contributed by atoms with Gasteiger partial charge in [0.25, 0.3) is 0 Å². The van der Waals surface area contributed by atoms with Crippen molar-refractivity contribution >= 4 is 17.5 Å². The summed E-state index contributed by atoms with van der Waals surface area (Å²) in [5.41, 5.74) is 3.51. The van der Waals surface area contributed by atoms with Crippen molar-refractivity contribution in [3.63, 3.8) is 0 Å². The van der Waals surface area contributed by atoms with Crippen LogP contribution in [0.3, 0.4) is 0 Å². The van der Waals surface area contributed by atoms with Crippen molar-refractivity contribution in [2.24, 2.45) is 0 Å². The molecule has 1 aliphatic carbocycles. The molecule has 0 aromatic heterocycles. The van der Waals surface area contributed by atoms with E-state index in [-0.39, 0.29) is 0 Å². The van der Waals surface area contributed by atoms with E-state index in [4.69, 9.17) is 0 Å². The van der Waals surface area contributed by atoms with Crippen LogP contribution in [-0.4, -0.2) is 5.78 Å². The van der Waals surface area contributed by atoms with Crippen LogP contribution in [0.1, 0.15) is 40.1 Å². The van der Waals surface area contributed by atoms with E-state index < -0.39 is 0 Å². The molecule has 0 amide bonds. The smallest absolute Gasteiger partial charge is 0.163 e. The maximum absolute atomic E-state index is 11.8. The standard InChI is InChI=1S/C17H16OS/c1-12(13-6-3-2-4-7-13)19-17-9-5-8-14-15(17)10-11-16(14)18/h2-9,12H,10-11H2,1H3. The highest BCUT2D eigenvalue weighted by Gasteiger charge is 2.22. The van der Waals surface area contributed by atoms with E-state index in [9.17, 15) is 4.79 Å². The lowest BCUT2D eigenvalue weighted by Gasteiger charge is -2.14. The fourth-order valence-corrected chi connectivity index (χ4v) is 3.74. The van der Waals surface area contributed by atoms with Crippen molar-refractivity contribution in [2.75, 3.05) is 0 Å². The molecule has 0 saturated heterocycles. The van der Waals surface area contributed by atoms with Gasteiger partial charge in [0.2, 0.25) is 0 Å². The molecule has 1 aliphatic rings. The summed E-state index contributed by atoms with van der Waals surface area (Å²) in [6.07, 6.45) is 1.57. The molecule has 1 nitrogen and oxygen atoms in total. The minimum atomic E-state index is 0.296. The second kappa shape index (κ2) is 5.22. The normalized spacial score (nSPS) is 15.3. The number of carbonyl (C=O) groups excluding carboxylic acids is 1. The van der Waals surface area contributed by atoms with Crippen LogP contribution in [0.25, 0.3) is 0 Å². The quantitative estimate of drug-likeness (QED) is 0.752. The number of rotatable bonds is 3. The van der Waals surface area contributed by atoms with Gasteiger partial charge in [0.05, 0.1) is 0 Å². The van der Waals surface area contributed by atoms with Gasteiger partial charge in [-0.05, 0) is 30.5 Å². The Bertz CT molecular complexity index is 604. The average molecular weight is 268 g/mol. The molecule has 1 unspecified atom stereocenters. The van der Waals surface area contributed by atoms with Crippen molar-refractivity contribution in [1.29, 1.82) is 0 Å². The van der Waals surface area contributed by atoms with Crippen molar-refractivity contribution in [3.8, 4) is 0 Å². The fourth-order valence-electron chi connectivity index (χ4n) is 2.55. The van der Waals surface area contributed by atoms with Gasteiger partial charge in [-0.1, -0.05) is 42.5 Å². The lowest BCUT2D eigenvalue weighted by molar-refractivity contribution is 0.0994. The zero-order valence-corrected chi connectivity index (χ0v) is 11.7. The monoisotopic (exact) mass is 268 g/mol. The summed E-state index contributed by atoms with van der Waals surface area (Å²) in [6, 6.07) is 16.6. The highest BCUT2D eigenvalue weighted by molar-refractivity contribution is 7.99. The van der Waals surface area contributed by atoms with Crippen LogP contribution in [0, 0.1) is 0 Å². The summed E-state index contributed by atoms with van der Waals surface area (Å²) < 4.78 is 0. The molecule has 0 saturated carbocycles. The molecule has 0 bridgehead atoms. The Morgan fingerprint density at radius 3 is 2.58 bits per heavy atom. The fraction of sp³-hybridized carbons (Fsp3) is 0.235. The summed E-state index contributed by atoms with van der Waals surface area (Å²) in [7, 11) is 0. The Labute approximate surface area is 118 Å². The number of thioether (sulfide) groups is 1. The highest BCUT2D eigenvalue weighted by atomic mass is 32.2. The van der Waals surface area contributed by atoms with Gasteiger partial charge in [0, 0.05) is 22.1 Å². The molecule has 2 aromatic rings. The molecule has 19 heavy (non-hydrogen) atoms. The Kier molecular flexibility index (Phi) is 3.43. The zero-order chi connectivity index (χ0) is 13.2. The maximum Gasteiger partial charge on any atom is 0.163 e. The number of hydrogen-bond donors (Lipinski definition) is 0. The second-order valence-corrected chi connectivity index (χ2v) is 6.26. The van der Waals surface area contributed by atoms with Crippen molar-refractivity contribution < 1.29 is 4.79 Å². The Morgan fingerprint density at radius 1 is 1.00 bits per heavy atom. The van der Waals surface area contributed by atoms with Gasteiger partial charge in [0.1, 0.15) is 0 Å². The van der Waals surface area contributed by atoms with Crippen LogP contribution in [0.15, 0.2) is 53.4 Å². The molecule has 0 spiro atoms. The van der Waals surface area contributed by atoms with E-state index >= 15 is 0 Å². The number of fused-ring (bicyclic) bond motifs is 1. The average Bonchev–Trinajstić information content (AvgIpc) is 2.83. The van der Waals surface area contributed by atoms with E-state index in [0.29, 0.717) is 17.5 Å². The van der Waals surface area contributed by atoms with E-state index in [1.165, 1.54) is 16.0 Å². The number of benzene rings is 2. The van der Waals surface area contributed by atoms with Gasteiger partial charge in [-0.15, -0.1) is 11.8 Å². The molecule has 0 radical (unpaired) electrons. The number of ketones is 1. The largest absolute Gasteiger partial charge is 0.294 e. The van der Waals surface area contributed by atoms with E-state index in [1.54, 1.807) is 0 Å². The van der Waals surface area contributed by atoms with Crippen LogP contribution in [0.5, 0.6) is 0 Å². The molecule has 0 heterocycles. The van der Waals surface area contributed by atoms with Crippen LogP contribution < -0.4 is 0 Å². The summed E-state index contributed by atoms with van der Waals surface area (Å²) in [5, 5.41) is 0.406. The van der Waals surface area contributed by atoms with Gasteiger partial charge >= 0.3 is 0 Å². The van der Waals surface area contributed by atoms with Gasteiger partial charge in [-0.25, -0.2) is 0 Å². The van der Waals surface area contributed by atoms with E-state index in [1.807, 2.05) is 30.0 Å². The Hall–Kier alpha value is -1.54. The topological polar surface area (TPSA) is 17.1 Å². The van der Waals surface area contributed by atoms with Crippen molar-refractivity contribution in [3.05, 3.63) is 65.2 Å². The second-order valence-electron chi connectivity index (χ2n) is 4.88. The molecule has 3 rings (SSSR count). The predicted octanol–water partition coefficient (Wildman–Crippen LogP) is 4.67. The third-order valence-electron chi connectivity index (χ3n) is 3.61. The van der Waals surface area contributed by atoms with E-state index in [2.05, 4.69) is 37.3 Å². The summed E-state index contributed by atoms with van der Waals surface area (Å²) in [5.74, 6) is 0.296. The molecule has 2 heteroatoms. The third-order valence-corrected chi connectivity index (χ3v) is 4.87. The van der Waals surface area contributed by atoms with Crippen LogP contribution in [-0.2, 0) is 6.42 Å². The van der Waals surface area contributed by atoms with Gasteiger partial charge < -0.3 is 0 Å². The zero-order valence-electron chi connectivity index (χ0n) is 10.9. The first-order valence-electron chi connectivity index (χ1n) is 6.62.